The summed E-state index contributed by atoms with van der Waals surface area (Å²) >= 11 is 0. The second kappa shape index (κ2) is 44.5. The molecule has 0 spiro atoms. The molecule has 0 fully saturated rings. The molecule has 0 aliphatic heterocycles. The third-order valence-electron chi connectivity index (χ3n) is 0.671. The quantitative estimate of drug-likeness (QED) is 0.572. The van der Waals surface area contributed by atoms with Gasteiger partial charge in [0.1, 0.15) is 0 Å². The zero-order valence-corrected chi connectivity index (χ0v) is 15.1. The Labute approximate surface area is 114 Å². The van der Waals surface area contributed by atoms with Gasteiger partial charge in [0, 0.05) is 0 Å². The maximum absolute atomic E-state index is 2.18. The smallest absolute Gasteiger partial charge is 0.00275 e. The van der Waals surface area contributed by atoms with E-state index in [1.165, 1.54) is 19.4 Å². The van der Waals surface area contributed by atoms with Gasteiger partial charge in [0.15, 0.2) is 0 Å². The molecular formula is C16H43N. The van der Waals surface area contributed by atoms with Crippen molar-refractivity contribution in [2.75, 3.05) is 20.6 Å². The van der Waals surface area contributed by atoms with E-state index in [-0.39, 0.29) is 0 Å². The molecule has 0 aromatic rings. The molecule has 0 radical (unpaired) electrons. The predicted octanol–water partition coefficient (Wildman–Crippen LogP) is 6.09. The highest BCUT2D eigenvalue weighted by Gasteiger charge is 1.79. The van der Waals surface area contributed by atoms with Crippen molar-refractivity contribution in [3.63, 3.8) is 0 Å². The summed E-state index contributed by atoms with van der Waals surface area (Å²) in [6.07, 6.45) is 2.51. The monoisotopic (exact) mass is 249 g/mol. The lowest BCUT2D eigenvalue weighted by Gasteiger charge is -2.03. The Kier molecular flexibility index (Phi) is 79.0. The Hall–Kier alpha value is -0.0400. The molecule has 0 aromatic carbocycles. The second-order valence-corrected chi connectivity index (χ2v) is 4.24. The van der Waals surface area contributed by atoms with Gasteiger partial charge in [-0.3, -0.25) is 0 Å². The lowest BCUT2D eigenvalue weighted by Crippen LogP contribution is -2.11. The van der Waals surface area contributed by atoms with Crippen LogP contribution in [0.3, 0.4) is 0 Å². The van der Waals surface area contributed by atoms with Gasteiger partial charge >= 0.3 is 0 Å². The topological polar surface area (TPSA) is 3.24 Å². The van der Waals surface area contributed by atoms with E-state index in [0.717, 1.165) is 5.92 Å². The van der Waals surface area contributed by atoms with Gasteiger partial charge in [0.25, 0.3) is 0 Å². The average Bonchev–Trinajstić information content (AvgIpc) is 2.24. The van der Waals surface area contributed by atoms with Crippen LogP contribution >= 0.6 is 0 Å². The van der Waals surface area contributed by atoms with Gasteiger partial charge in [-0.15, -0.1) is 0 Å². The van der Waals surface area contributed by atoms with Gasteiger partial charge in [-0.25, -0.2) is 0 Å². The van der Waals surface area contributed by atoms with E-state index in [9.17, 15) is 0 Å². The number of hydrogen-bond donors (Lipinski definition) is 0. The van der Waals surface area contributed by atoms with E-state index in [4.69, 9.17) is 0 Å². The fourth-order valence-corrected chi connectivity index (χ4v) is 0.447. The third-order valence-corrected chi connectivity index (χ3v) is 0.671. The van der Waals surface area contributed by atoms with Crippen LogP contribution in [-0.2, 0) is 0 Å². The van der Waals surface area contributed by atoms with Crippen LogP contribution in [0, 0.1) is 5.92 Å². The number of hydrogen-bond acceptors (Lipinski definition) is 1. The van der Waals surface area contributed by atoms with Crippen LogP contribution in [0.5, 0.6) is 0 Å². The van der Waals surface area contributed by atoms with Crippen molar-refractivity contribution in [2.45, 2.75) is 82.1 Å². The van der Waals surface area contributed by atoms with Crippen LogP contribution < -0.4 is 0 Å². The molecule has 0 heterocycles. The van der Waals surface area contributed by atoms with Crippen LogP contribution in [0.15, 0.2) is 0 Å². The summed E-state index contributed by atoms with van der Waals surface area (Å²) < 4.78 is 0. The average molecular weight is 250 g/mol. The summed E-state index contributed by atoms with van der Waals surface area (Å²) in [6.45, 7) is 22.1. The van der Waals surface area contributed by atoms with E-state index < -0.39 is 0 Å². The molecule has 0 bridgehead atoms. The summed E-state index contributed by atoms with van der Waals surface area (Å²) in [7, 11) is 4.17. The minimum Gasteiger partial charge on any atom is -0.309 e. The second-order valence-electron chi connectivity index (χ2n) is 4.24. The van der Waals surface area contributed by atoms with Gasteiger partial charge < -0.3 is 4.90 Å². The van der Waals surface area contributed by atoms with Crippen molar-refractivity contribution in [3.05, 3.63) is 0 Å². The predicted molar refractivity (Wildman–Crippen MR) is 88.0 cm³/mol. The maximum Gasteiger partial charge on any atom is -0.00275 e. The van der Waals surface area contributed by atoms with E-state index in [0.29, 0.717) is 0 Å². The minimum atomic E-state index is 0.833. The molecule has 0 atom stereocenters. The van der Waals surface area contributed by atoms with Gasteiger partial charge in [-0.05, 0) is 33.0 Å². The molecule has 0 saturated heterocycles. The first kappa shape index (κ1) is 30.2. The van der Waals surface area contributed by atoms with Crippen molar-refractivity contribution in [1.29, 1.82) is 0 Å². The SMILES string of the molecule is CC.CC.CC(C)C.CCC.CCCN(C)C. The summed E-state index contributed by atoms with van der Waals surface area (Å²) in [5.41, 5.74) is 0. The zero-order valence-electron chi connectivity index (χ0n) is 15.1. The Morgan fingerprint density at radius 3 is 0.941 bits per heavy atom. The first-order valence-electron chi connectivity index (χ1n) is 7.56. The Bertz CT molecular complexity index is 55.8. The molecule has 1 heteroatoms. The highest BCUT2D eigenvalue weighted by atomic mass is 15.0. The van der Waals surface area contributed by atoms with Gasteiger partial charge in [-0.1, -0.05) is 75.7 Å². The largest absolute Gasteiger partial charge is 0.309 e. The van der Waals surface area contributed by atoms with Crippen molar-refractivity contribution in [3.8, 4) is 0 Å². The van der Waals surface area contributed by atoms with E-state index >= 15 is 0 Å². The standard InChI is InChI=1S/C5H13N.C4H10.C3H8.2C2H6/c1-4-5-6(2)3;1-4(2)3;1-3-2;2*1-2/h4-5H2,1-3H3;4H,1-3H3;3H2,1-2H3;2*1-2H3. The van der Waals surface area contributed by atoms with Gasteiger partial charge in [0.05, 0.1) is 0 Å². The molecular weight excluding hydrogens is 206 g/mol. The molecule has 0 aromatic heterocycles. The molecule has 0 saturated carbocycles. The van der Waals surface area contributed by atoms with Gasteiger partial charge in [-0.2, -0.15) is 0 Å². The van der Waals surface area contributed by atoms with Crippen LogP contribution in [-0.4, -0.2) is 25.5 Å². The van der Waals surface area contributed by atoms with Crippen LogP contribution in [0.25, 0.3) is 0 Å². The van der Waals surface area contributed by atoms with Crippen LogP contribution in [0.2, 0.25) is 0 Å². The molecule has 0 unspecified atom stereocenters. The summed E-state index contributed by atoms with van der Waals surface area (Å²) in [5.74, 6) is 0.833. The molecule has 0 amide bonds. The van der Waals surface area contributed by atoms with Crippen molar-refractivity contribution in [2.24, 2.45) is 5.92 Å². The lowest BCUT2D eigenvalue weighted by atomic mass is 10.3. The van der Waals surface area contributed by atoms with E-state index in [1.807, 2.05) is 27.7 Å². The van der Waals surface area contributed by atoms with Crippen molar-refractivity contribution in [1.82, 2.24) is 4.90 Å². The summed E-state index contributed by atoms with van der Waals surface area (Å²) in [5, 5.41) is 0. The molecule has 112 valence electrons. The molecule has 0 rings (SSSR count). The number of rotatable bonds is 2. The molecule has 1 nitrogen and oxygen atoms in total. The van der Waals surface area contributed by atoms with Crippen molar-refractivity contribution >= 4 is 0 Å². The minimum absolute atomic E-state index is 0.833. The van der Waals surface area contributed by atoms with E-state index in [2.05, 4.69) is 60.5 Å². The highest BCUT2D eigenvalue weighted by Crippen LogP contribution is 1.81. The summed E-state index contributed by atoms with van der Waals surface area (Å²) in [6, 6.07) is 0. The number of nitrogens with zero attached hydrogens (tertiary/aromatic N) is 1. The van der Waals surface area contributed by atoms with Crippen molar-refractivity contribution < 1.29 is 0 Å². The Morgan fingerprint density at radius 1 is 0.765 bits per heavy atom. The molecule has 0 aliphatic carbocycles. The first-order valence-corrected chi connectivity index (χ1v) is 7.56. The fraction of sp³-hybridized carbons (Fsp3) is 1.00. The molecule has 0 aliphatic rings. The highest BCUT2D eigenvalue weighted by molar-refractivity contribution is 4.34. The van der Waals surface area contributed by atoms with Crippen LogP contribution in [0.4, 0.5) is 0 Å². The third kappa shape index (κ3) is 355. The lowest BCUT2D eigenvalue weighted by molar-refractivity contribution is 0.408. The Balaban J connectivity index is -0.0000000385. The zero-order chi connectivity index (χ0) is 15.3. The van der Waals surface area contributed by atoms with E-state index in [1.54, 1.807) is 0 Å². The van der Waals surface area contributed by atoms with Crippen LogP contribution in [0.1, 0.15) is 82.1 Å². The van der Waals surface area contributed by atoms with Gasteiger partial charge in [0.2, 0.25) is 0 Å². The first-order chi connectivity index (χ1) is 7.92. The maximum atomic E-state index is 2.18. The fourth-order valence-electron chi connectivity index (χ4n) is 0.447. The normalized spacial score (nSPS) is 7.41. The molecule has 0 N–H and O–H groups in total. The summed E-state index contributed by atoms with van der Waals surface area (Å²) in [4.78, 5) is 2.18. The Morgan fingerprint density at radius 2 is 0.941 bits per heavy atom. The molecule has 17 heavy (non-hydrogen) atoms.